The van der Waals surface area contributed by atoms with Crippen molar-refractivity contribution in [1.82, 2.24) is 4.90 Å². The summed E-state index contributed by atoms with van der Waals surface area (Å²) in [7, 11) is 0. The van der Waals surface area contributed by atoms with Gasteiger partial charge < -0.3 is 5.32 Å². The second-order valence-corrected chi connectivity index (χ2v) is 9.14. The topological polar surface area (TPSA) is 66.5 Å². The molecule has 2 aromatic rings. The van der Waals surface area contributed by atoms with Crippen molar-refractivity contribution in [3.63, 3.8) is 0 Å². The number of benzene rings is 2. The number of hydrogen-bond donors (Lipinski definition) is 1. The van der Waals surface area contributed by atoms with Gasteiger partial charge in [-0.3, -0.25) is 19.3 Å². The molecule has 6 heteroatoms. The summed E-state index contributed by atoms with van der Waals surface area (Å²) < 4.78 is 0. The molecule has 0 radical (unpaired) electrons. The lowest BCUT2D eigenvalue weighted by Crippen LogP contribution is -2.31. The van der Waals surface area contributed by atoms with E-state index in [-0.39, 0.29) is 23.1 Å². The summed E-state index contributed by atoms with van der Waals surface area (Å²) in [4.78, 5) is 39.2. The van der Waals surface area contributed by atoms with Crippen LogP contribution in [-0.4, -0.2) is 34.9 Å². The predicted molar refractivity (Wildman–Crippen MR) is 112 cm³/mol. The lowest BCUT2D eigenvalue weighted by molar-refractivity contribution is -0.117. The Morgan fingerprint density at radius 3 is 2.25 bits per heavy atom. The summed E-state index contributed by atoms with van der Waals surface area (Å²) in [5, 5.41) is 2.93. The largest absolute Gasteiger partial charge is 0.326 e. The van der Waals surface area contributed by atoms with E-state index >= 15 is 0 Å². The number of anilines is 1. The van der Waals surface area contributed by atoms with Crippen molar-refractivity contribution in [2.24, 2.45) is 5.41 Å². The Balaban J connectivity index is 1.55. The van der Waals surface area contributed by atoms with Crippen molar-refractivity contribution in [1.29, 1.82) is 0 Å². The van der Waals surface area contributed by atoms with Crippen LogP contribution in [0, 0.1) is 5.41 Å². The fourth-order valence-electron chi connectivity index (χ4n) is 3.05. The van der Waals surface area contributed by atoms with E-state index in [0.29, 0.717) is 29.8 Å². The number of amides is 3. The van der Waals surface area contributed by atoms with Gasteiger partial charge in [0.05, 0.1) is 11.1 Å². The molecule has 5 nitrogen and oxygen atoms in total. The molecule has 0 saturated heterocycles. The van der Waals surface area contributed by atoms with Crippen LogP contribution in [0.15, 0.2) is 53.4 Å². The van der Waals surface area contributed by atoms with Gasteiger partial charge in [0.2, 0.25) is 5.91 Å². The monoisotopic (exact) mass is 396 g/mol. The number of nitrogens with zero attached hydrogens (tertiary/aromatic N) is 1. The molecule has 0 aromatic heterocycles. The molecule has 0 bridgehead atoms. The minimum Gasteiger partial charge on any atom is -0.326 e. The fourth-order valence-corrected chi connectivity index (χ4v) is 3.94. The number of carbonyl (C=O) groups is 3. The second kappa shape index (κ2) is 8.19. The van der Waals surface area contributed by atoms with Gasteiger partial charge >= 0.3 is 0 Å². The highest BCUT2D eigenvalue weighted by atomic mass is 32.2. The number of hydrogen-bond acceptors (Lipinski definition) is 4. The van der Waals surface area contributed by atoms with E-state index in [9.17, 15) is 14.4 Å². The number of imide groups is 1. The minimum absolute atomic E-state index is 0.0133. The quantitative estimate of drug-likeness (QED) is 0.579. The van der Waals surface area contributed by atoms with E-state index < -0.39 is 0 Å². The maximum atomic E-state index is 12.4. The van der Waals surface area contributed by atoms with Crippen molar-refractivity contribution < 1.29 is 14.4 Å². The highest BCUT2D eigenvalue weighted by Crippen LogP contribution is 2.26. The van der Waals surface area contributed by atoms with Crippen molar-refractivity contribution >= 4 is 35.2 Å². The number of fused-ring (bicyclic) bond motifs is 1. The van der Waals surface area contributed by atoms with E-state index in [4.69, 9.17) is 0 Å². The van der Waals surface area contributed by atoms with Crippen LogP contribution in [0.5, 0.6) is 0 Å². The summed E-state index contributed by atoms with van der Waals surface area (Å²) >= 11 is 1.55. The summed E-state index contributed by atoms with van der Waals surface area (Å²) in [6.45, 7) is 6.42. The molecule has 1 aliphatic heterocycles. The molecule has 2 aromatic carbocycles. The maximum Gasteiger partial charge on any atom is 0.261 e. The Hall–Kier alpha value is -2.60. The average Bonchev–Trinajstić information content (AvgIpc) is 2.86. The third-order valence-corrected chi connectivity index (χ3v) is 5.24. The van der Waals surface area contributed by atoms with Gasteiger partial charge in [-0.15, -0.1) is 11.8 Å². The summed E-state index contributed by atoms with van der Waals surface area (Å²) in [5.41, 5.74) is 1.63. The van der Waals surface area contributed by atoms with E-state index in [2.05, 4.69) is 5.32 Å². The first-order chi connectivity index (χ1) is 13.2. The third kappa shape index (κ3) is 4.81. The standard InChI is InChI=1S/C22H24N2O3S/c1-22(2,3)14-19(25)23-15-7-6-8-16(13-15)28-12-11-24-20(26)17-9-4-5-10-18(17)21(24)27/h4-10,13H,11-12,14H2,1-3H3,(H,23,25). The van der Waals surface area contributed by atoms with E-state index in [0.717, 1.165) is 10.6 Å². The average molecular weight is 397 g/mol. The normalized spacial score (nSPS) is 13.6. The zero-order valence-corrected chi connectivity index (χ0v) is 17.1. The molecule has 0 spiro atoms. The summed E-state index contributed by atoms with van der Waals surface area (Å²) in [6.07, 6.45) is 0.449. The first-order valence-corrected chi connectivity index (χ1v) is 10.2. The van der Waals surface area contributed by atoms with E-state index in [1.807, 2.05) is 45.0 Å². The first-order valence-electron chi connectivity index (χ1n) is 9.22. The molecular formula is C22H24N2O3S. The Morgan fingerprint density at radius 2 is 1.64 bits per heavy atom. The number of thioether (sulfide) groups is 1. The van der Waals surface area contributed by atoms with Crippen LogP contribution in [0.1, 0.15) is 47.9 Å². The lowest BCUT2D eigenvalue weighted by Gasteiger charge is -2.17. The molecule has 3 amide bonds. The van der Waals surface area contributed by atoms with Crippen LogP contribution in [-0.2, 0) is 4.79 Å². The van der Waals surface area contributed by atoms with Crippen molar-refractivity contribution in [2.75, 3.05) is 17.6 Å². The minimum atomic E-state index is -0.232. The second-order valence-electron chi connectivity index (χ2n) is 7.97. The van der Waals surface area contributed by atoms with Gasteiger partial charge in [0, 0.05) is 29.3 Å². The van der Waals surface area contributed by atoms with Crippen LogP contribution in [0.25, 0.3) is 0 Å². The highest BCUT2D eigenvalue weighted by molar-refractivity contribution is 7.99. The molecule has 0 unspecified atom stereocenters. The Labute approximate surface area is 169 Å². The molecule has 1 heterocycles. The van der Waals surface area contributed by atoms with Crippen molar-refractivity contribution in [3.05, 3.63) is 59.7 Å². The predicted octanol–water partition coefficient (Wildman–Crippen LogP) is 4.45. The van der Waals surface area contributed by atoms with Crippen LogP contribution >= 0.6 is 11.8 Å². The number of nitrogens with one attached hydrogen (secondary N) is 1. The summed E-state index contributed by atoms with van der Waals surface area (Å²) in [6, 6.07) is 14.5. The van der Waals surface area contributed by atoms with E-state index in [1.54, 1.807) is 36.0 Å². The van der Waals surface area contributed by atoms with Gasteiger partial charge in [-0.05, 0) is 35.7 Å². The van der Waals surface area contributed by atoms with Crippen LogP contribution in [0.4, 0.5) is 5.69 Å². The van der Waals surface area contributed by atoms with Gasteiger partial charge in [-0.25, -0.2) is 0 Å². The third-order valence-electron chi connectivity index (χ3n) is 4.27. The lowest BCUT2D eigenvalue weighted by atomic mass is 9.92. The van der Waals surface area contributed by atoms with Crippen LogP contribution in [0.3, 0.4) is 0 Å². The molecule has 0 atom stereocenters. The molecule has 3 rings (SSSR count). The van der Waals surface area contributed by atoms with Gasteiger partial charge in [-0.2, -0.15) is 0 Å². The summed E-state index contributed by atoms with van der Waals surface area (Å²) in [5.74, 6) is 0.111. The molecule has 1 aliphatic rings. The maximum absolute atomic E-state index is 12.4. The number of carbonyl (C=O) groups excluding carboxylic acids is 3. The van der Waals surface area contributed by atoms with Crippen molar-refractivity contribution in [2.45, 2.75) is 32.1 Å². The van der Waals surface area contributed by atoms with Gasteiger partial charge in [0.25, 0.3) is 11.8 Å². The Bertz CT molecular complexity index is 883. The smallest absolute Gasteiger partial charge is 0.261 e. The molecule has 146 valence electrons. The number of rotatable bonds is 6. The van der Waals surface area contributed by atoms with Gasteiger partial charge in [0.1, 0.15) is 0 Å². The van der Waals surface area contributed by atoms with E-state index in [1.165, 1.54) is 4.90 Å². The zero-order chi connectivity index (χ0) is 20.3. The fraction of sp³-hybridized carbons (Fsp3) is 0.318. The van der Waals surface area contributed by atoms with Gasteiger partial charge in [-0.1, -0.05) is 39.0 Å². The molecule has 0 saturated carbocycles. The Morgan fingerprint density at radius 1 is 1.00 bits per heavy atom. The zero-order valence-electron chi connectivity index (χ0n) is 16.3. The first kappa shape index (κ1) is 20.1. The highest BCUT2D eigenvalue weighted by Gasteiger charge is 2.34. The SMILES string of the molecule is CC(C)(C)CC(=O)Nc1cccc(SCCN2C(=O)c3ccccc3C2=O)c1. The molecule has 0 fully saturated rings. The van der Waals surface area contributed by atoms with Gasteiger partial charge in [0.15, 0.2) is 0 Å². The van der Waals surface area contributed by atoms with Crippen LogP contribution < -0.4 is 5.32 Å². The molecule has 0 aliphatic carbocycles. The molecular weight excluding hydrogens is 372 g/mol. The van der Waals surface area contributed by atoms with Crippen LogP contribution in [0.2, 0.25) is 0 Å². The van der Waals surface area contributed by atoms with Crippen molar-refractivity contribution in [3.8, 4) is 0 Å². The molecule has 28 heavy (non-hydrogen) atoms. The Kier molecular flexibility index (Phi) is 5.89. The molecule has 1 N–H and O–H groups in total.